The maximum absolute atomic E-state index is 12.8. The number of benzene rings is 2. The van der Waals surface area contributed by atoms with Crippen LogP contribution in [0.3, 0.4) is 0 Å². The molecule has 0 radical (unpaired) electrons. The van der Waals surface area contributed by atoms with Crippen LogP contribution in [0.4, 0.5) is 4.79 Å². The third-order valence-corrected chi connectivity index (χ3v) is 5.80. The Labute approximate surface area is 166 Å². The first-order valence-corrected chi connectivity index (χ1v) is 10.1. The first kappa shape index (κ1) is 18.0. The number of hydrogen-bond donors (Lipinski definition) is 1. The summed E-state index contributed by atoms with van der Waals surface area (Å²) in [6.07, 6.45) is 1.93. The molecule has 27 heavy (non-hydrogen) atoms. The van der Waals surface area contributed by atoms with Gasteiger partial charge in [-0.25, -0.2) is 9.78 Å². The summed E-state index contributed by atoms with van der Waals surface area (Å²) in [4.78, 5) is 19.3. The van der Waals surface area contributed by atoms with Crippen molar-refractivity contribution in [3.63, 3.8) is 0 Å². The number of nitrogens with one attached hydrogen (secondary N) is 1. The number of amides is 2. The highest BCUT2D eigenvalue weighted by Gasteiger charge is 2.28. The van der Waals surface area contributed by atoms with Gasteiger partial charge in [0.1, 0.15) is 5.52 Å². The van der Waals surface area contributed by atoms with E-state index in [1.165, 1.54) is 0 Å². The summed E-state index contributed by atoms with van der Waals surface area (Å²) < 4.78 is 6.93. The van der Waals surface area contributed by atoms with E-state index in [2.05, 4.69) is 26.2 Å². The van der Waals surface area contributed by atoms with Gasteiger partial charge in [0.15, 0.2) is 11.5 Å². The summed E-state index contributed by atoms with van der Waals surface area (Å²) in [5, 5.41) is 3.11. The molecule has 2 atom stereocenters. The van der Waals surface area contributed by atoms with Crippen LogP contribution in [-0.2, 0) is 0 Å². The van der Waals surface area contributed by atoms with Crippen molar-refractivity contribution in [3.05, 3.63) is 64.5 Å². The fourth-order valence-corrected chi connectivity index (χ4v) is 4.24. The summed E-state index contributed by atoms with van der Waals surface area (Å²) in [5.74, 6) is 0.864. The predicted molar refractivity (Wildman–Crippen MR) is 109 cm³/mol. The minimum absolute atomic E-state index is 0.0425. The molecule has 5 nitrogen and oxygen atoms in total. The lowest BCUT2D eigenvalue weighted by atomic mass is 9.98. The minimum Gasteiger partial charge on any atom is -0.440 e. The van der Waals surface area contributed by atoms with Crippen LogP contribution in [0, 0.1) is 0 Å². The predicted octanol–water partition coefficient (Wildman–Crippen LogP) is 5.24. The molecule has 2 heterocycles. The fraction of sp³-hybridized carbons (Fsp3) is 0.333. The highest BCUT2D eigenvalue weighted by molar-refractivity contribution is 9.10. The van der Waals surface area contributed by atoms with Crippen LogP contribution < -0.4 is 5.32 Å². The number of nitrogens with zero attached hydrogens (tertiary/aromatic N) is 2. The lowest BCUT2D eigenvalue weighted by molar-refractivity contribution is 0.172. The Morgan fingerprint density at radius 1 is 1.26 bits per heavy atom. The number of piperidine rings is 1. The van der Waals surface area contributed by atoms with Gasteiger partial charge in [0.25, 0.3) is 0 Å². The van der Waals surface area contributed by atoms with Crippen LogP contribution in [0.15, 0.2) is 57.4 Å². The fourth-order valence-electron chi connectivity index (χ4n) is 3.61. The largest absolute Gasteiger partial charge is 0.440 e. The lowest BCUT2D eigenvalue weighted by Crippen LogP contribution is -2.45. The van der Waals surface area contributed by atoms with Crippen LogP contribution in [-0.4, -0.2) is 29.0 Å². The van der Waals surface area contributed by atoms with Gasteiger partial charge in [-0.1, -0.05) is 46.3 Å². The van der Waals surface area contributed by atoms with Crippen LogP contribution in [0.25, 0.3) is 11.1 Å². The number of carbonyl (C=O) groups is 1. The van der Waals surface area contributed by atoms with Gasteiger partial charge in [-0.15, -0.1) is 0 Å². The second kappa shape index (κ2) is 7.72. The van der Waals surface area contributed by atoms with E-state index in [4.69, 9.17) is 4.42 Å². The maximum atomic E-state index is 12.8. The van der Waals surface area contributed by atoms with Gasteiger partial charge in [0, 0.05) is 17.6 Å². The van der Waals surface area contributed by atoms with Crippen LogP contribution in [0.1, 0.15) is 43.2 Å². The molecule has 4 rings (SSSR count). The third kappa shape index (κ3) is 3.86. The molecule has 1 aliphatic rings. The summed E-state index contributed by atoms with van der Waals surface area (Å²) in [6.45, 7) is 3.38. The molecule has 6 heteroatoms. The van der Waals surface area contributed by atoms with Gasteiger partial charge in [0.2, 0.25) is 0 Å². The summed E-state index contributed by atoms with van der Waals surface area (Å²) in [6, 6.07) is 15.6. The topological polar surface area (TPSA) is 58.4 Å². The van der Waals surface area contributed by atoms with Gasteiger partial charge in [0.05, 0.1) is 12.0 Å². The van der Waals surface area contributed by atoms with Gasteiger partial charge in [-0.05, 0) is 43.5 Å². The van der Waals surface area contributed by atoms with Gasteiger partial charge < -0.3 is 14.6 Å². The highest BCUT2D eigenvalue weighted by atomic mass is 79.9. The first-order chi connectivity index (χ1) is 13.1. The third-order valence-electron chi connectivity index (χ3n) is 5.08. The molecule has 1 fully saturated rings. The van der Waals surface area contributed by atoms with Crippen molar-refractivity contribution in [3.8, 4) is 0 Å². The van der Waals surface area contributed by atoms with Crippen LogP contribution in [0.2, 0.25) is 0 Å². The molecule has 3 aromatic rings. The normalized spacial score (nSPS) is 18.4. The Hall–Kier alpha value is -2.34. The molecule has 2 amide bonds. The summed E-state index contributed by atoms with van der Waals surface area (Å²) in [5.41, 5.74) is 2.74. The van der Waals surface area contributed by atoms with E-state index in [-0.39, 0.29) is 18.0 Å². The monoisotopic (exact) mass is 427 g/mol. The lowest BCUT2D eigenvalue weighted by Gasteiger charge is -2.32. The van der Waals surface area contributed by atoms with E-state index in [0.29, 0.717) is 6.54 Å². The van der Waals surface area contributed by atoms with E-state index >= 15 is 0 Å². The molecule has 2 unspecified atom stereocenters. The molecule has 0 saturated carbocycles. The number of rotatable bonds is 3. The van der Waals surface area contributed by atoms with Crippen molar-refractivity contribution < 1.29 is 9.21 Å². The molecular formula is C21H22BrN3O2. The van der Waals surface area contributed by atoms with Crippen molar-refractivity contribution in [1.82, 2.24) is 15.2 Å². The molecule has 0 aliphatic carbocycles. The summed E-state index contributed by atoms with van der Waals surface area (Å²) in [7, 11) is 0. The van der Waals surface area contributed by atoms with Gasteiger partial charge in [-0.3, -0.25) is 0 Å². The number of aromatic nitrogens is 1. The molecule has 1 N–H and O–H groups in total. The molecule has 0 bridgehead atoms. The first-order valence-electron chi connectivity index (χ1n) is 9.27. The highest BCUT2D eigenvalue weighted by Crippen LogP contribution is 2.29. The second-order valence-electron chi connectivity index (χ2n) is 7.00. The molecule has 1 aromatic heterocycles. The number of urea groups is 1. The SMILES string of the molecule is CC(NC(=O)N1CCCC(c2nc3ccccc3o2)C1)c1ccccc1Br. The standard InChI is InChI=1S/C21H22BrN3O2/c1-14(16-8-2-3-9-17(16)22)23-21(26)25-12-6-7-15(13-25)20-24-18-10-4-5-11-19(18)27-20/h2-5,8-11,14-15H,6-7,12-13H2,1H3,(H,23,26). The Bertz CT molecular complexity index is 922. The Morgan fingerprint density at radius 3 is 2.85 bits per heavy atom. The molecule has 0 spiro atoms. The van der Waals surface area contributed by atoms with Gasteiger partial charge in [-0.2, -0.15) is 0 Å². The zero-order valence-electron chi connectivity index (χ0n) is 15.2. The maximum Gasteiger partial charge on any atom is 0.317 e. The molecule has 2 aromatic carbocycles. The Balaban J connectivity index is 1.44. The molecule has 140 valence electrons. The minimum atomic E-state index is -0.0715. The van der Waals surface area contributed by atoms with E-state index in [1.807, 2.05) is 60.4 Å². The van der Waals surface area contributed by atoms with Crippen LogP contribution >= 0.6 is 15.9 Å². The van der Waals surface area contributed by atoms with Crippen molar-refractivity contribution in [1.29, 1.82) is 0 Å². The Morgan fingerprint density at radius 2 is 2.04 bits per heavy atom. The van der Waals surface area contributed by atoms with E-state index in [9.17, 15) is 4.79 Å². The average molecular weight is 428 g/mol. The number of hydrogen-bond acceptors (Lipinski definition) is 3. The van der Waals surface area contributed by atoms with Crippen molar-refractivity contribution in [2.45, 2.75) is 31.7 Å². The van der Waals surface area contributed by atoms with E-state index in [1.54, 1.807) is 0 Å². The molecular weight excluding hydrogens is 406 g/mol. The van der Waals surface area contributed by atoms with Gasteiger partial charge >= 0.3 is 6.03 Å². The van der Waals surface area contributed by atoms with Crippen LogP contribution in [0.5, 0.6) is 0 Å². The zero-order chi connectivity index (χ0) is 18.8. The quantitative estimate of drug-likeness (QED) is 0.621. The summed E-state index contributed by atoms with van der Waals surface area (Å²) >= 11 is 3.55. The van der Waals surface area contributed by atoms with E-state index < -0.39 is 0 Å². The molecule has 1 aliphatic heterocycles. The smallest absolute Gasteiger partial charge is 0.317 e. The van der Waals surface area contributed by atoms with Crippen molar-refractivity contribution in [2.24, 2.45) is 0 Å². The van der Waals surface area contributed by atoms with Crippen molar-refractivity contribution >= 4 is 33.1 Å². The number of halogens is 1. The Kier molecular flexibility index (Phi) is 5.16. The average Bonchev–Trinajstić information content (AvgIpc) is 3.12. The molecule has 1 saturated heterocycles. The number of para-hydroxylation sites is 2. The second-order valence-corrected chi connectivity index (χ2v) is 7.85. The zero-order valence-corrected chi connectivity index (χ0v) is 16.8. The number of likely N-dealkylation sites (tertiary alicyclic amines) is 1. The van der Waals surface area contributed by atoms with E-state index in [0.717, 1.165) is 46.4 Å². The number of fused-ring (bicyclic) bond motifs is 1. The van der Waals surface area contributed by atoms with Crippen molar-refractivity contribution in [2.75, 3.05) is 13.1 Å². The number of oxazole rings is 1. The number of carbonyl (C=O) groups excluding carboxylic acids is 1.